The average Bonchev–Trinajstić information content (AvgIpc) is 3.12. The molecule has 1 aliphatic heterocycles. The largest absolute Gasteiger partial charge is 0.379 e. The molecule has 4 nitrogen and oxygen atoms in total. The molecule has 0 saturated carbocycles. The van der Waals surface area contributed by atoms with Crippen LogP contribution in [-0.2, 0) is 4.74 Å². The van der Waals surface area contributed by atoms with Crippen LogP contribution in [0.2, 0.25) is 0 Å². The number of ether oxygens (including phenoxy) is 1. The molecule has 2 aliphatic rings. The molecule has 124 valence electrons. The molecule has 0 amide bonds. The zero-order chi connectivity index (χ0) is 16.1. The van der Waals surface area contributed by atoms with Crippen molar-refractivity contribution in [1.82, 2.24) is 14.9 Å². The van der Waals surface area contributed by atoms with Crippen molar-refractivity contribution in [2.24, 2.45) is 0 Å². The Morgan fingerprint density at radius 1 is 1.26 bits per heavy atom. The van der Waals surface area contributed by atoms with E-state index in [0.29, 0.717) is 6.04 Å². The first kappa shape index (κ1) is 16.2. The number of allylic oxidation sites excluding steroid dienone is 1. The molecule has 2 aromatic heterocycles. The van der Waals surface area contributed by atoms with Crippen LogP contribution in [0.1, 0.15) is 38.7 Å². The predicted molar refractivity (Wildman–Crippen MR) is 95.4 cm³/mol. The topological polar surface area (TPSA) is 41.2 Å². The Labute approximate surface area is 138 Å². The number of hydrogen-bond acceptors (Lipinski definition) is 3. The highest BCUT2D eigenvalue weighted by Gasteiger charge is 2.23. The molecule has 1 N–H and O–H groups in total. The van der Waals surface area contributed by atoms with E-state index in [1.54, 1.807) is 0 Å². The Hall–Kier alpha value is -1.65. The van der Waals surface area contributed by atoms with E-state index in [9.17, 15) is 0 Å². The first-order valence-corrected chi connectivity index (χ1v) is 8.84. The number of H-pyrrole nitrogens is 1. The fraction of sp³-hybridized carbons (Fsp3) is 0.526. The Morgan fingerprint density at radius 3 is 2.83 bits per heavy atom. The average molecular weight is 313 g/mol. The van der Waals surface area contributed by atoms with Crippen LogP contribution in [0.3, 0.4) is 0 Å². The van der Waals surface area contributed by atoms with E-state index in [1.165, 1.54) is 22.9 Å². The van der Waals surface area contributed by atoms with Crippen LogP contribution < -0.4 is 0 Å². The molecule has 1 saturated heterocycles. The van der Waals surface area contributed by atoms with Crippen molar-refractivity contribution in [3.63, 3.8) is 0 Å². The number of nitrogens with one attached hydrogen (secondary N) is 1. The number of aromatic amines is 1. The van der Waals surface area contributed by atoms with Gasteiger partial charge in [0.15, 0.2) is 0 Å². The van der Waals surface area contributed by atoms with Gasteiger partial charge in [-0.2, -0.15) is 0 Å². The standard InChI is InChI=1S/C17H21N3O.C2H6/c1-3-16(20-7-9-21-10-8-20)4-2-13(1)15-11-14-5-6-18-17(14)19-12-15;1-2/h1,5-6,11-12,16H,2-4,7-10H2,(H,18,19);1-2H3. The van der Waals surface area contributed by atoms with Gasteiger partial charge in [-0.05, 0) is 42.5 Å². The minimum absolute atomic E-state index is 0.696. The van der Waals surface area contributed by atoms with Gasteiger partial charge in [-0.3, -0.25) is 4.90 Å². The maximum atomic E-state index is 5.45. The second-order valence-corrected chi connectivity index (χ2v) is 5.95. The molecule has 1 atom stereocenters. The van der Waals surface area contributed by atoms with E-state index in [0.717, 1.165) is 44.8 Å². The summed E-state index contributed by atoms with van der Waals surface area (Å²) in [5.74, 6) is 0. The van der Waals surface area contributed by atoms with Crippen LogP contribution in [0.15, 0.2) is 30.6 Å². The molecule has 0 bridgehead atoms. The van der Waals surface area contributed by atoms with Crippen molar-refractivity contribution < 1.29 is 4.74 Å². The summed E-state index contributed by atoms with van der Waals surface area (Å²) in [5.41, 5.74) is 3.71. The number of fused-ring (bicyclic) bond motifs is 1. The van der Waals surface area contributed by atoms with Gasteiger partial charge in [0.25, 0.3) is 0 Å². The van der Waals surface area contributed by atoms with Crippen molar-refractivity contribution >= 4 is 16.6 Å². The smallest absolute Gasteiger partial charge is 0.137 e. The van der Waals surface area contributed by atoms with Gasteiger partial charge in [-0.15, -0.1) is 0 Å². The van der Waals surface area contributed by atoms with Crippen LogP contribution in [-0.4, -0.2) is 47.2 Å². The summed E-state index contributed by atoms with van der Waals surface area (Å²) in [6, 6.07) is 5.03. The number of nitrogens with zero attached hydrogens (tertiary/aromatic N) is 2. The van der Waals surface area contributed by atoms with E-state index in [4.69, 9.17) is 4.74 Å². The summed E-state index contributed by atoms with van der Waals surface area (Å²) in [7, 11) is 0. The van der Waals surface area contributed by atoms with Crippen molar-refractivity contribution in [3.8, 4) is 0 Å². The van der Waals surface area contributed by atoms with E-state index in [-0.39, 0.29) is 0 Å². The second kappa shape index (κ2) is 7.75. The van der Waals surface area contributed by atoms with Crippen molar-refractivity contribution in [2.75, 3.05) is 26.3 Å². The monoisotopic (exact) mass is 313 g/mol. The summed E-state index contributed by atoms with van der Waals surface area (Å²) >= 11 is 0. The number of hydrogen-bond donors (Lipinski definition) is 1. The van der Waals surface area contributed by atoms with Gasteiger partial charge in [-0.25, -0.2) is 4.98 Å². The van der Waals surface area contributed by atoms with Gasteiger partial charge >= 0.3 is 0 Å². The van der Waals surface area contributed by atoms with Crippen LogP contribution in [0.4, 0.5) is 0 Å². The number of aromatic nitrogens is 2. The van der Waals surface area contributed by atoms with Gasteiger partial charge in [0.05, 0.1) is 13.2 Å². The lowest BCUT2D eigenvalue weighted by atomic mass is 9.90. The zero-order valence-corrected chi connectivity index (χ0v) is 14.2. The lowest BCUT2D eigenvalue weighted by molar-refractivity contribution is 0.0150. The molecule has 0 radical (unpaired) electrons. The van der Waals surface area contributed by atoms with E-state index >= 15 is 0 Å². The highest BCUT2D eigenvalue weighted by Crippen LogP contribution is 2.30. The van der Waals surface area contributed by atoms with Crippen LogP contribution in [0.5, 0.6) is 0 Å². The molecule has 23 heavy (non-hydrogen) atoms. The Kier molecular flexibility index (Phi) is 5.47. The third-order valence-corrected chi connectivity index (χ3v) is 4.72. The van der Waals surface area contributed by atoms with Crippen LogP contribution in [0, 0.1) is 0 Å². The second-order valence-electron chi connectivity index (χ2n) is 5.95. The van der Waals surface area contributed by atoms with E-state index in [2.05, 4.69) is 33.1 Å². The summed E-state index contributed by atoms with van der Waals surface area (Å²) in [6.07, 6.45) is 9.92. The summed E-state index contributed by atoms with van der Waals surface area (Å²) in [4.78, 5) is 10.2. The highest BCUT2D eigenvalue weighted by molar-refractivity contribution is 5.80. The Morgan fingerprint density at radius 2 is 2.09 bits per heavy atom. The number of rotatable bonds is 2. The van der Waals surface area contributed by atoms with E-state index < -0.39 is 0 Å². The molecular formula is C19H27N3O. The normalized spacial score (nSPS) is 22.3. The highest BCUT2D eigenvalue weighted by atomic mass is 16.5. The van der Waals surface area contributed by atoms with Gasteiger partial charge < -0.3 is 9.72 Å². The van der Waals surface area contributed by atoms with Crippen molar-refractivity contribution in [1.29, 1.82) is 0 Å². The molecule has 0 aromatic carbocycles. The first-order valence-electron chi connectivity index (χ1n) is 8.84. The molecule has 3 heterocycles. The molecule has 4 heteroatoms. The van der Waals surface area contributed by atoms with Gasteiger partial charge in [0.2, 0.25) is 0 Å². The van der Waals surface area contributed by atoms with Crippen LogP contribution >= 0.6 is 0 Å². The molecule has 4 rings (SSSR count). The minimum atomic E-state index is 0.696. The molecule has 1 aliphatic carbocycles. The summed E-state index contributed by atoms with van der Waals surface area (Å²) in [5, 5.41) is 1.20. The Bertz CT molecular complexity index is 655. The third-order valence-electron chi connectivity index (χ3n) is 4.72. The first-order chi connectivity index (χ1) is 11.4. The SMILES string of the molecule is C1=C(c2cnc3[nH]ccc3c2)CCC(N2CCOCC2)C1.CC. The third kappa shape index (κ3) is 3.65. The minimum Gasteiger partial charge on any atom is -0.379 e. The maximum absolute atomic E-state index is 5.45. The predicted octanol–water partition coefficient (Wildman–Crippen LogP) is 3.86. The Balaban J connectivity index is 0.000000753. The number of morpholine rings is 1. The van der Waals surface area contributed by atoms with Crippen molar-refractivity contribution in [3.05, 3.63) is 36.2 Å². The summed E-state index contributed by atoms with van der Waals surface area (Å²) < 4.78 is 5.45. The molecule has 1 fully saturated rings. The van der Waals surface area contributed by atoms with Gasteiger partial charge in [-0.1, -0.05) is 19.9 Å². The lowest BCUT2D eigenvalue weighted by Gasteiger charge is -2.36. The van der Waals surface area contributed by atoms with E-state index in [1.807, 2.05) is 26.2 Å². The van der Waals surface area contributed by atoms with Crippen molar-refractivity contribution in [2.45, 2.75) is 39.2 Å². The fourth-order valence-electron chi connectivity index (χ4n) is 3.47. The fourth-order valence-corrected chi connectivity index (χ4v) is 3.47. The number of pyridine rings is 1. The molecular weight excluding hydrogens is 286 g/mol. The quantitative estimate of drug-likeness (QED) is 0.915. The molecule has 2 aromatic rings. The molecule has 0 spiro atoms. The van der Waals surface area contributed by atoms with Crippen LogP contribution in [0.25, 0.3) is 16.6 Å². The summed E-state index contributed by atoms with van der Waals surface area (Å²) in [6.45, 7) is 7.96. The lowest BCUT2D eigenvalue weighted by Crippen LogP contribution is -2.43. The molecule has 1 unspecified atom stereocenters. The van der Waals surface area contributed by atoms with Gasteiger partial charge in [0, 0.05) is 36.9 Å². The maximum Gasteiger partial charge on any atom is 0.137 e. The zero-order valence-electron chi connectivity index (χ0n) is 14.2. The van der Waals surface area contributed by atoms with Gasteiger partial charge in [0.1, 0.15) is 5.65 Å².